The molecule has 0 aliphatic heterocycles. The van der Waals surface area contributed by atoms with Crippen molar-refractivity contribution in [3.05, 3.63) is 10.1 Å². The summed E-state index contributed by atoms with van der Waals surface area (Å²) in [6.45, 7) is 0. The van der Waals surface area contributed by atoms with Gasteiger partial charge in [0.25, 0.3) is 0 Å². The van der Waals surface area contributed by atoms with Gasteiger partial charge in [-0.1, -0.05) is 0 Å². The fraction of sp³-hybridized carbons (Fsp3) is 0. The number of hydrogen-bond acceptors (Lipinski definition) is 5. The molecule has 0 spiro atoms. The Morgan fingerprint density at radius 1 is 1.67 bits per heavy atom. The zero-order chi connectivity index (χ0) is 5.98. The fourth-order valence-electron chi connectivity index (χ4n) is 0.232. The van der Waals surface area contributed by atoms with E-state index in [1.807, 2.05) is 5.10 Å². The molecule has 1 rings (SSSR count). The van der Waals surface area contributed by atoms with Gasteiger partial charge in [-0.05, 0) is 4.92 Å². The zero-order valence-electron chi connectivity index (χ0n) is 3.61. The first-order valence-electron chi connectivity index (χ1n) is 1.69. The Bertz CT molecular complexity index is 183. The van der Waals surface area contributed by atoms with Crippen LogP contribution in [0, 0.1) is 10.1 Å². The quantitative estimate of drug-likeness (QED) is 0.301. The topological polar surface area (TPSA) is 97.6 Å². The van der Waals surface area contributed by atoms with Crippen LogP contribution in [0.2, 0.25) is 0 Å². The van der Waals surface area contributed by atoms with Crippen molar-refractivity contribution < 1.29 is 4.92 Å². The van der Waals surface area contributed by atoms with Gasteiger partial charge in [0.15, 0.2) is 0 Å². The first-order valence-corrected chi connectivity index (χ1v) is 1.69. The molecule has 9 heavy (non-hydrogen) atoms. The molecule has 0 aliphatic rings. The molecular weight excluding hydrogens is 153 g/mol. The molecule has 44 valence electrons. The van der Waals surface area contributed by atoms with Gasteiger partial charge < -0.3 is 10.1 Å². The Morgan fingerprint density at radius 2 is 2.33 bits per heavy atom. The van der Waals surface area contributed by atoms with Gasteiger partial charge in [0.05, 0.1) is 10.3 Å². The molecule has 0 aliphatic carbocycles. The van der Waals surface area contributed by atoms with E-state index in [0.29, 0.717) is 0 Å². The maximum atomic E-state index is 9.69. The monoisotopic (exact) mass is 155 g/mol. The Kier molecular flexibility index (Phi) is 4.06. The second-order valence-corrected chi connectivity index (χ2v) is 0.982. The van der Waals surface area contributed by atoms with Crippen molar-refractivity contribution in [2.75, 3.05) is 0 Å². The number of H-pyrrole nitrogens is 1. The summed E-state index contributed by atoms with van der Waals surface area (Å²) in [5, 5.41) is 20.6. The Hall–Kier alpha value is 0.106. The molecular formula is CH2KN5O2. The Morgan fingerprint density at radius 3 is 2.56 bits per heavy atom. The molecule has 0 unspecified atom stereocenters. The predicted molar refractivity (Wildman–Crippen MR) is 28.0 cm³/mol. The van der Waals surface area contributed by atoms with Crippen LogP contribution in [-0.2, 0) is 0 Å². The van der Waals surface area contributed by atoms with E-state index in [1.54, 1.807) is 0 Å². The molecule has 0 bridgehead atoms. The summed E-state index contributed by atoms with van der Waals surface area (Å²) in [7, 11) is 0. The minimum atomic E-state index is -0.708. The number of aromatic nitrogens is 4. The third-order valence-corrected chi connectivity index (χ3v) is 0.507. The Labute approximate surface area is 91.8 Å². The number of nitrogens with one attached hydrogen (secondary N) is 1. The number of rotatable bonds is 1. The Balaban J connectivity index is 0.000000640. The van der Waals surface area contributed by atoms with Gasteiger partial charge in [0.1, 0.15) is 0 Å². The summed E-state index contributed by atoms with van der Waals surface area (Å²) in [5.74, 6) is -0.440. The number of nitro groups is 1. The van der Waals surface area contributed by atoms with Crippen LogP contribution in [0.25, 0.3) is 0 Å². The van der Waals surface area contributed by atoms with Crippen molar-refractivity contribution in [2.24, 2.45) is 0 Å². The summed E-state index contributed by atoms with van der Waals surface area (Å²) in [4.78, 5) is 8.99. The van der Waals surface area contributed by atoms with Crippen molar-refractivity contribution in [1.29, 1.82) is 0 Å². The van der Waals surface area contributed by atoms with E-state index >= 15 is 0 Å². The summed E-state index contributed by atoms with van der Waals surface area (Å²) >= 11 is 0. The van der Waals surface area contributed by atoms with Gasteiger partial charge in [-0.25, -0.2) is 0 Å². The number of tetrazole rings is 1. The van der Waals surface area contributed by atoms with Gasteiger partial charge in [-0.3, -0.25) is 0 Å². The number of hydrogen-bond donors (Lipinski definition) is 1. The summed E-state index contributed by atoms with van der Waals surface area (Å²) in [6, 6.07) is 0. The number of aromatic amines is 1. The normalized spacial score (nSPS) is 8.00. The van der Waals surface area contributed by atoms with Crippen molar-refractivity contribution in [2.45, 2.75) is 0 Å². The third-order valence-electron chi connectivity index (χ3n) is 0.507. The maximum absolute atomic E-state index is 9.69. The number of nitrogens with zero attached hydrogens (tertiary/aromatic N) is 4. The molecule has 1 aromatic heterocycles. The minimum absolute atomic E-state index is 0. The average Bonchev–Trinajstić information content (AvgIpc) is 2.12. The van der Waals surface area contributed by atoms with E-state index in [9.17, 15) is 10.1 Å². The van der Waals surface area contributed by atoms with Gasteiger partial charge in [-0.2, -0.15) is 0 Å². The van der Waals surface area contributed by atoms with Crippen LogP contribution >= 0.6 is 0 Å². The molecule has 8 heteroatoms. The zero-order valence-corrected chi connectivity index (χ0v) is 3.61. The van der Waals surface area contributed by atoms with Crippen LogP contribution in [0.5, 0.6) is 0 Å². The molecule has 7 nitrogen and oxygen atoms in total. The molecule has 0 radical (unpaired) electrons. The van der Waals surface area contributed by atoms with E-state index in [2.05, 4.69) is 15.5 Å². The van der Waals surface area contributed by atoms with Crippen LogP contribution in [0.3, 0.4) is 0 Å². The SMILES string of the molecule is O=[N+]([O-])c1nnn[nH]1.[KH]. The van der Waals surface area contributed by atoms with Crippen LogP contribution < -0.4 is 0 Å². The molecule has 0 atom stereocenters. The third kappa shape index (κ3) is 2.45. The van der Waals surface area contributed by atoms with E-state index < -0.39 is 10.9 Å². The summed E-state index contributed by atoms with van der Waals surface area (Å²) < 4.78 is 0. The van der Waals surface area contributed by atoms with Crippen molar-refractivity contribution in [1.82, 2.24) is 20.6 Å². The fourth-order valence-corrected chi connectivity index (χ4v) is 0.232. The van der Waals surface area contributed by atoms with Crippen LogP contribution in [0.15, 0.2) is 0 Å². The first kappa shape index (κ1) is 9.11. The van der Waals surface area contributed by atoms with Crippen LogP contribution in [0.1, 0.15) is 0 Å². The van der Waals surface area contributed by atoms with E-state index in [-0.39, 0.29) is 51.4 Å². The van der Waals surface area contributed by atoms with Crippen LogP contribution in [-0.4, -0.2) is 76.9 Å². The summed E-state index contributed by atoms with van der Waals surface area (Å²) in [6.07, 6.45) is 0. The van der Waals surface area contributed by atoms with Gasteiger partial charge in [0, 0.05) is 5.21 Å². The molecule has 1 aromatic rings. The van der Waals surface area contributed by atoms with E-state index in [0.717, 1.165) is 0 Å². The second kappa shape index (κ2) is 4.01. The average molecular weight is 155 g/mol. The molecule has 0 saturated heterocycles. The molecule has 0 fully saturated rings. The molecule has 0 aromatic carbocycles. The van der Waals surface area contributed by atoms with E-state index in [4.69, 9.17) is 0 Å². The predicted octanol–water partition coefficient (Wildman–Crippen LogP) is -1.54. The first-order chi connectivity index (χ1) is 3.80. The van der Waals surface area contributed by atoms with Crippen molar-refractivity contribution >= 4 is 57.3 Å². The van der Waals surface area contributed by atoms with Crippen molar-refractivity contribution in [3.63, 3.8) is 0 Å². The molecule has 0 saturated carbocycles. The summed E-state index contributed by atoms with van der Waals surface area (Å²) in [5.41, 5.74) is 0. The molecule has 1 heterocycles. The van der Waals surface area contributed by atoms with Gasteiger partial charge in [-0.15, -0.1) is 5.10 Å². The van der Waals surface area contributed by atoms with Gasteiger partial charge >= 0.3 is 57.3 Å². The van der Waals surface area contributed by atoms with E-state index in [1.165, 1.54) is 0 Å². The standard InChI is InChI=1S/CHN5O2.K.H/c7-6(8)1-2-4-5-3-1;;/h(H,2,3,4,5);;. The second-order valence-electron chi connectivity index (χ2n) is 0.982. The molecule has 0 amide bonds. The molecule has 1 N–H and O–H groups in total. The van der Waals surface area contributed by atoms with Crippen LogP contribution in [0.4, 0.5) is 5.95 Å². The van der Waals surface area contributed by atoms with Gasteiger partial charge in [0.2, 0.25) is 0 Å². The van der Waals surface area contributed by atoms with Crippen molar-refractivity contribution in [3.8, 4) is 0 Å².